The molecule has 1 aliphatic rings. The van der Waals surface area contributed by atoms with Gasteiger partial charge in [-0.2, -0.15) is 5.10 Å². The minimum atomic E-state index is -0.173. The highest BCUT2D eigenvalue weighted by Crippen LogP contribution is 2.31. The van der Waals surface area contributed by atoms with Crippen molar-refractivity contribution < 1.29 is 4.79 Å². The maximum absolute atomic E-state index is 12.2. The normalized spacial score (nSPS) is 14.9. The molecule has 8 nitrogen and oxygen atoms in total. The molecule has 162 valence electrons. The molecule has 0 radical (unpaired) electrons. The molecular formula is C22H26ClN7O. The van der Waals surface area contributed by atoms with Crippen LogP contribution in [-0.2, 0) is 0 Å². The lowest BCUT2D eigenvalue weighted by Crippen LogP contribution is -2.32. The van der Waals surface area contributed by atoms with Crippen molar-refractivity contribution in [3.63, 3.8) is 0 Å². The second-order valence-electron chi connectivity index (χ2n) is 7.62. The van der Waals surface area contributed by atoms with Gasteiger partial charge in [-0.25, -0.2) is 9.67 Å². The van der Waals surface area contributed by atoms with E-state index in [4.69, 9.17) is 11.6 Å². The minimum absolute atomic E-state index is 0.173. The third kappa shape index (κ3) is 4.81. The summed E-state index contributed by atoms with van der Waals surface area (Å²) in [6.07, 6.45) is 5.51. The van der Waals surface area contributed by atoms with Gasteiger partial charge in [-0.05, 0) is 45.1 Å². The predicted molar refractivity (Wildman–Crippen MR) is 124 cm³/mol. The van der Waals surface area contributed by atoms with Gasteiger partial charge >= 0.3 is 0 Å². The highest BCUT2D eigenvalue weighted by molar-refractivity contribution is 6.33. The summed E-state index contributed by atoms with van der Waals surface area (Å²) >= 11 is 6.38. The molecule has 0 bridgehead atoms. The van der Waals surface area contributed by atoms with Crippen LogP contribution in [0.4, 0.5) is 23.0 Å². The summed E-state index contributed by atoms with van der Waals surface area (Å²) in [7, 11) is 3.75. The van der Waals surface area contributed by atoms with Gasteiger partial charge < -0.3 is 20.9 Å². The number of nitrogens with zero attached hydrogens (tertiary/aromatic N) is 4. The zero-order valence-corrected chi connectivity index (χ0v) is 18.4. The monoisotopic (exact) mass is 439 g/mol. The van der Waals surface area contributed by atoms with Gasteiger partial charge in [0.1, 0.15) is 11.6 Å². The number of piperidine rings is 1. The number of likely N-dealkylation sites (tertiary alicyclic amines) is 1. The van der Waals surface area contributed by atoms with E-state index in [9.17, 15) is 4.79 Å². The number of amides is 1. The number of rotatable bonds is 6. The first kappa shape index (κ1) is 21.1. The smallest absolute Gasteiger partial charge is 0.253 e. The number of hydrogen-bond donors (Lipinski definition) is 3. The predicted octanol–water partition coefficient (Wildman–Crippen LogP) is 4.05. The Bertz CT molecular complexity index is 1060. The van der Waals surface area contributed by atoms with E-state index in [0.717, 1.165) is 31.7 Å². The highest BCUT2D eigenvalue weighted by Gasteiger charge is 2.21. The van der Waals surface area contributed by atoms with Crippen LogP contribution in [0.25, 0.3) is 0 Å². The first-order valence-corrected chi connectivity index (χ1v) is 10.7. The summed E-state index contributed by atoms with van der Waals surface area (Å²) in [6, 6.07) is 11.4. The van der Waals surface area contributed by atoms with Gasteiger partial charge in [0.25, 0.3) is 5.91 Å². The molecule has 3 heterocycles. The number of pyridine rings is 1. The summed E-state index contributed by atoms with van der Waals surface area (Å²) in [4.78, 5) is 18.9. The Morgan fingerprint density at radius 3 is 2.68 bits per heavy atom. The molecule has 31 heavy (non-hydrogen) atoms. The van der Waals surface area contributed by atoms with E-state index in [-0.39, 0.29) is 5.91 Å². The van der Waals surface area contributed by atoms with Crippen molar-refractivity contribution >= 4 is 40.5 Å². The Balaban J connectivity index is 1.55. The quantitative estimate of drug-likeness (QED) is 0.537. The average molecular weight is 440 g/mol. The molecule has 1 saturated heterocycles. The van der Waals surface area contributed by atoms with Gasteiger partial charge in [-0.15, -0.1) is 0 Å². The van der Waals surface area contributed by atoms with Crippen LogP contribution in [0.2, 0.25) is 5.02 Å². The zero-order valence-electron chi connectivity index (χ0n) is 17.6. The molecule has 1 aliphatic heterocycles. The second-order valence-corrected chi connectivity index (χ2v) is 8.03. The SMILES string of the molecule is CNC(=O)c1ccccc1Nc1cc(Nc2ccnn2C2CCN(C)CC2)ncc1Cl. The first-order valence-electron chi connectivity index (χ1n) is 10.3. The number of nitrogens with one attached hydrogen (secondary N) is 3. The summed E-state index contributed by atoms with van der Waals surface area (Å²) in [5.41, 5.74) is 1.85. The van der Waals surface area contributed by atoms with Gasteiger partial charge in [0.05, 0.1) is 40.4 Å². The van der Waals surface area contributed by atoms with E-state index >= 15 is 0 Å². The molecule has 1 fully saturated rings. The molecule has 0 spiro atoms. The molecule has 9 heteroatoms. The molecule has 0 atom stereocenters. The van der Waals surface area contributed by atoms with Crippen LogP contribution >= 0.6 is 11.6 Å². The highest BCUT2D eigenvalue weighted by atomic mass is 35.5. The van der Waals surface area contributed by atoms with Gasteiger partial charge in [-0.1, -0.05) is 23.7 Å². The molecular weight excluding hydrogens is 414 g/mol. The van der Waals surface area contributed by atoms with Crippen LogP contribution in [0, 0.1) is 0 Å². The van der Waals surface area contributed by atoms with Crippen LogP contribution in [-0.4, -0.2) is 52.8 Å². The van der Waals surface area contributed by atoms with E-state index in [2.05, 4.69) is 38.0 Å². The van der Waals surface area contributed by atoms with Gasteiger partial charge in [0.15, 0.2) is 0 Å². The Morgan fingerprint density at radius 1 is 1.13 bits per heavy atom. The van der Waals surface area contributed by atoms with Crippen LogP contribution in [0.5, 0.6) is 0 Å². The molecule has 3 aromatic rings. The number of carbonyl (C=O) groups excluding carboxylic acids is 1. The van der Waals surface area contributed by atoms with Gasteiger partial charge in [0.2, 0.25) is 0 Å². The Labute approximate surface area is 186 Å². The van der Waals surface area contributed by atoms with Gasteiger partial charge in [0, 0.05) is 19.2 Å². The number of para-hydroxylation sites is 1. The van der Waals surface area contributed by atoms with E-state index in [1.54, 1.807) is 25.5 Å². The van der Waals surface area contributed by atoms with Crippen molar-refractivity contribution in [3.8, 4) is 0 Å². The number of hydrogen-bond acceptors (Lipinski definition) is 6. The fourth-order valence-corrected chi connectivity index (χ4v) is 3.90. The lowest BCUT2D eigenvalue weighted by atomic mass is 10.1. The zero-order chi connectivity index (χ0) is 21.8. The Morgan fingerprint density at radius 2 is 1.90 bits per heavy atom. The molecule has 2 aromatic heterocycles. The van der Waals surface area contributed by atoms with Crippen molar-refractivity contribution in [2.75, 3.05) is 37.8 Å². The summed E-state index contributed by atoms with van der Waals surface area (Å²) in [5, 5.41) is 14.3. The van der Waals surface area contributed by atoms with Crippen LogP contribution in [0.1, 0.15) is 29.2 Å². The van der Waals surface area contributed by atoms with E-state index in [0.29, 0.717) is 33.8 Å². The number of carbonyl (C=O) groups is 1. The van der Waals surface area contributed by atoms with Crippen molar-refractivity contribution in [2.24, 2.45) is 0 Å². The largest absolute Gasteiger partial charge is 0.355 e. The summed E-state index contributed by atoms with van der Waals surface area (Å²) in [6.45, 7) is 2.12. The molecule has 0 aliphatic carbocycles. The van der Waals surface area contributed by atoms with Crippen LogP contribution in [0.3, 0.4) is 0 Å². The average Bonchev–Trinajstić information content (AvgIpc) is 3.24. The number of benzene rings is 1. The maximum atomic E-state index is 12.2. The molecule has 3 N–H and O–H groups in total. The molecule has 0 saturated carbocycles. The van der Waals surface area contributed by atoms with Crippen molar-refractivity contribution in [2.45, 2.75) is 18.9 Å². The lowest BCUT2D eigenvalue weighted by molar-refractivity contribution is 0.0964. The summed E-state index contributed by atoms with van der Waals surface area (Å²) < 4.78 is 2.04. The number of aromatic nitrogens is 3. The Kier molecular flexibility index (Phi) is 6.39. The van der Waals surface area contributed by atoms with E-state index in [1.165, 1.54) is 0 Å². The fraction of sp³-hybridized carbons (Fsp3) is 0.318. The first-order chi connectivity index (χ1) is 15.0. The van der Waals surface area contributed by atoms with Crippen molar-refractivity contribution in [3.05, 3.63) is 59.4 Å². The third-order valence-corrected chi connectivity index (χ3v) is 5.79. The third-order valence-electron chi connectivity index (χ3n) is 5.48. The van der Waals surface area contributed by atoms with Crippen LogP contribution < -0.4 is 16.0 Å². The topological polar surface area (TPSA) is 87.1 Å². The molecule has 0 unspecified atom stereocenters. The number of anilines is 4. The van der Waals surface area contributed by atoms with Crippen LogP contribution in [0.15, 0.2) is 48.8 Å². The van der Waals surface area contributed by atoms with Gasteiger partial charge in [-0.3, -0.25) is 4.79 Å². The van der Waals surface area contributed by atoms with Crippen molar-refractivity contribution in [1.82, 2.24) is 25.0 Å². The van der Waals surface area contributed by atoms with E-state index in [1.807, 2.05) is 35.0 Å². The lowest BCUT2D eigenvalue weighted by Gasteiger charge is -2.30. The molecule has 1 aromatic carbocycles. The molecule has 1 amide bonds. The maximum Gasteiger partial charge on any atom is 0.253 e. The van der Waals surface area contributed by atoms with E-state index < -0.39 is 0 Å². The molecule has 4 rings (SSSR count). The minimum Gasteiger partial charge on any atom is -0.355 e. The van der Waals surface area contributed by atoms with Crippen molar-refractivity contribution in [1.29, 1.82) is 0 Å². The standard InChI is InChI=1S/C22H26ClN7O/c1-24-22(31)16-5-3-4-6-18(16)27-19-13-20(25-14-17(19)23)28-21-7-10-26-30(21)15-8-11-29(2)12-9-15/h3-7,10,13-15H,8-9,11-12H2,1-2H3,(H,24,31)(H2,25,27,28). The fourth-order valence-electron chi connectivity index (χ4n) is 3.75. The second kappa shape index (κ2) is 9.36. The number of halogens is 1. The Hall–Kier alpha value is -3.10. The summed E-state index contributed by atoms with van der Waals surface area (Å²) in [5.74, 6) is 1.36.